The molecule has 1 heterocycles. The van der Waals surface area contributed by atoms with Gasteiger partial charge in [-0.15, -0.1) is 0 Å². The third kappa shape index (κ3) is 3.57. The molecular formula is C14H14N2O4S. The van der Waals surface area contributed by atoms with Crippen LogP contribution in [0.25, 0.3) is 0 Å². The minimum atomic E-state index is -0.990. The number of carboxylic acid groups (broad SMARTS) is 1. The number of esters is 1. The summed E-state index contributed by atoms with van der Waals surface area (Å²) in [5, 5.41) is 12.5. The Labute approximate surface area is 125 Å². The van der Waals surface area contributed by atoms with Gasteiger partial charge in [0.2, 0.25) is 0 Å². The van der Waals surface area contributed by atoms with Crippen LogP contribution in [0.5, 0.6) is 0 Å². The zero-order chi connectivity index (χ0) is 15.4. The average Bonchev–Trinajstić information content (AvgIpc) is 2.81. The first-order chi connectivity index (χ1) is 10.0. The fourth-order valence-corrected chi connectivity index (χ4v) is 2.50. The van der Waals surface area contributed by atoms with Gasteiger partial charge in [-0.05, 0) is 38.1 Å². The summed E-state index contributed by atoms with van der Waals surface area (Å²) >= 11 is 1.07. The zero-order valence-corrected chi connectivity index (χ0v) is 12.4. The highest BCUT2D eigenvalue weighted by atomic mass is 32.1. The van der Waals surface area contributed by atoms with Crippen molar-refractivity contribution in [3.63, 3.8) is 0 Å². The second kappa shape index (κ2) is 6.36. The number of aromatic carboxylic acids is 1. The number of hydrogen-bond donors (Lipinski definition) is 2. The Hall–Kier alpha value is -2.41. The number of carbonyl (C=O) groups is 2. The lowest BCUT2D eigenvalue weighted by molar-refractivity contribution is 0.0526. The Kier molecular flexibility index (Phi) is 4.54. The largest absolute Gasteiger partial charge is 0.477 e. The first-order valence-electron chi connectivity index (χ1n) is 6.26. The van der Waals surface area contributed by atoms with Crippen LogP contribution in [0.15, 0.2) is 24.3 Å². The average molecular weight is 306 g/mol. The summed E-state index contributed by atoms with van der Waals surface area (Å²) < 4.78 is 4.90. The number of hydrogen-bond acceptors (Lipinski definition) is 6. The lowest BCUT2D eigenvalue weighted by Gasteiger charge is -2.04. The molecule has 7 heteroatoms. The van der Waals surface area contributed by atoms with E-state index in [0.29, 0.717) is 28.7 Å². The minimum Gasteiger partial charge on any atom is -0.477 e. The highest BCUT2D eigenvalue weighted by molar-refractivity contribution is 7.17. The summed E-state index contributed by atoms with van der Waals surface area (Å²) in [4.78, 5) is 26.8. The van der Waals surface area contributed by atoms with Gasteiger partial charge in [0.1, 0.15) is 4.88 Å². The van der Waals surface area contributed by atoms with Crippen LogP contribution >= 0.6 is 11.3 Å². The van der Waals surface area contributed by atoms with E-state index in [1.54, 1.807) is 38.1 Å². The van der Waals surface area contributed by atoms with Gasteiger partial charge in [-0.25, -0.2) is 14.6 Å². The molecule has 0 radical (unpaired) electrons. The van der Waals surface area contributed by atoms with Crippen molar-refractivity contribution in [3.05, 3.63) is 40.4 Å². The fourth-order valence-electron chi connectivity index (χ4n) is 1.68. The number of rotatable bonds is 5. The van der Waals surface area contributed by atoms with Gasteiger partial charge in [-0.3, -0.25) is 0 Å². The van der Waals surface area contributed by atoms with Crippen LogP contribution < -0.4 is 5.32 Å². The Balaban J connectivity index is 2.12. The molecule has 0 spiro atoms. The van der Waals surface area contributed by atoms with E-state index in [2.05, 4.69) is 10.3 Å². The van der Waals surface area contributed by atoms with Crippen LogP contribution in [0.4, 0.5) is 10.8 Å². The van der Waals surface area contributed by atoms with Gasteiger partial charge in [0.15, 0.2) is 5.13 Å². The molecule has 0 aliphatic rings. The lowest BCUT2D eigenvalue weighted by Crippen LogP contribution is -2.04. The molecular weight excluding hydrogens is 292 g/mol. The van der Waals surface area contributed by atoms with Gasteiger partial charge in [-0.1, -0.05) is 11.3 Å². The van der Waals surface area contributed by atoms with Crippen LogP contribution in [-0.4, -0.2) is 28.6 Å². The Bertz CT molecular complexity index is 664. The molecule has 0 aliphatic carbocycles. The van der Waals surface area contributed by atoms with Crippen molar-refractivity contribution < 1.29 is 19.4 Å². The number of carbonyl (C=O) groups excluding carboxylic acids is 1. The van der Waals surface area contributed by atoms with Crippen molar-refractivity contribution in [2.24, 2.45) is 0 Å². The summed E-state index contributed by atoms with van der Waals surface area (Å²) in [6.07, 6.45) is 0. The van der Waals surface area contributed by atoms with Crippen molar-refractivity contribution in [1.82, 2.24) is 4.98 Å². The van der Waals surface area contributed by atoms with Crippen molar-refractivity contribution in [2.75, 3.05) is 11.9 Å². The number of ether oxygens (including phenoxy) is 1. The van der Waals surface area contributed by atoms with Crippen LogP contribution in [-0.2, 0) is 4.74 Å². The highest BCUT2D eigenvalue weighted by Gasteiger charge is 2.14. The third-order valence-corrected chi connectivity index (χ3v) is 3.70. The summed E-state index contributed by atoms with van der Waals surface area (Å²) in [7, 11) is 0. The molecule has 0 bridgehead atoms. The molecule has 21 heavy (non-hydrogen) atoms. The second-order valence-corrected chi connectivity index (χ2v) is 5.16. The number of aromatic nitrogens is 1. The van der Waals surface area contributed by atoms with Gasteiger partial charge in [0.25, 0.3) is 0 Å². The van der Waals surface area contributed by atoms with E-state index in [1.165, 1.54) is 0 Å². The number of carboxylic acids is 1. The van der Waals surface area contributed by atoms with Gasteiger partial charge >= 0.3 is 11.9 Å². The van der Waals surface area contributed by atoms with Crippen molar-refractivity contribution in [2.45, 2.75) is 13.8 Å². The van der Waals surface area contributed by atoms with Crippen molar-refractivity contribution >= 4 is 34.1 Å². The normalized spacial score (nSPS) is 10.2. The molecule has 1 aromatic heterocycles. The molecule has 0 aliphatic heterocycles. The third-order valence-electron chi connectivity index (χ3n) is 2.64. The molecule has 2 aromatic rings. The standard InChI is InChI=1S/C14H14N2O4S/c1-3-20-13(19)9-4-6-10(7-5-9)16-14-15-8(2)11(21-14)12(17)18/h4-7H,3H2,1-2H3,(H,15,16)(H,17,18). The molecule has 0 unspecified atom stereocenters. The van der Waals surface area contributed by atoms with E-state index in [-0.39, 0.29) is 10.8 Å². The van der Waals surface area contributed by atoms with Crippen molar-refractivity contribution in [3.8, 4) is 0 Å². The monoisotopic (exact) mass is 306 g/mol. The summed E-state index contributed by atoms with van der Waals surface area (Å²) in [5.74, 6) is -1.36. The predicted molar refractivity (Wildman–Crippen MR) is 79.5 cm³/mol. The Morgan fingerprint density at radius 2 is 2.00 bits per heavy atom. The molecule has 0 amide bonds. The maximum absolute atomic E-state index is 11.5. The lowest BCUT2D eigenvalue weighted by atomic mass is 10.2. The first-order valence-corrected chi connectivity index (χ1v) is 7.08. The topological polar surface area (TPSA) is 88.5 Å². The van der Waals surface area contributed by atoms with E-state index in [4.69, 9.17) is 9.84 Å². The molecule has 1 aromatic carbocycles. The Morgan fingerprint density at radius 1 is 1.33 bits per heavy atom. The predicted octanol–water partition coefficient (Wildman–Crippen LogP) is 3.07. The molecule has 6 nitrogen and oxygen atoms in total. The van der Waals surface area contributed by atoms with Gasteiger partial charge < -0.3 is 15.2 Å². The number of benzene rings is 1. The molecule has 0 saturated heterocycles. The SMILES string of the molecule is CCOC(=O)c1ccc(Nc2nc(C)c(C(=O)O)s2)cc1. The molecule has 2 rings (SSSR count). The summed E-state index contributed by atoms with van der Waals surface area (Å²) in [5.41, 5.74) is 1.65. The van der Waals surface area contributed by atoms with E-state index >= 15 is 0 Å². The molecule has 2 N–H and O–H groups in total. The molecule has 0 saturated carbocycles. The number of nitrogens with zero attached hydrogens (tertiary/aromatic N) is 1. The number of aryl methyl sites for hydroxylation is 1. The van der Waals surface area contributed by atoms with Gasteiger partial charge in [-0.2, -0.15) is 0 Å². The van der Waals surface area contributed by atoms with E-state index in [0.717, 1.165) is 11.3 Å². The van der Waals surface area contributed by atoms with E-state index in [1.807, 2.05) is 0 Å². The van der Waals surface area contributed by atoms with Gasteiger partial charge in [0.05, 0.1) is 17.9 Å². The van der Waals surface area contributed by atoms with Crippen LogP contribution in [0.2, 0.25) is 0 Å². The summed E-state index contributed by atoms with van der Waals surface area (Å²) in [6, 6.07) is 6.70. The maximum atomic E-state index is 11.5. The Morgan fingerprint density at radius 3 is 2.52 bits per heavy atom. The smallest absolute Gasteiger partial charge is 0.347 e. The molecule has 0 fully saturated rings. The molecule has 0 atom stereocenters. The van der Waals surface area contributed by atoms with Crippen molar-refractivity contribution in [1.29, 1.82) is 0 Å². The number of anilines is 2. The zero-order valence-electron chi connectivity index (χ0n) is 11.5. The van der Waals surface area contributed by atoms with E-state index < -0.39 is 5.97 Å². The van der Waals surface area contributed by atoms with Crippen LogP contribution in [0.3, 0.4) is 0 Å². The first kappa shape index (κ1) is 15.0. The maximum Gasteiger partial charge on any atom is 0.347 e. The summed E-state index contributed by atoms with van der Waals surface area (Å²) in [6.45, 7) is 3.73. The minimum absolute atomic E-state index is 0.209. The highest BCUT2D eigenvalue weighted by Crippen LogP contribution is 2.25. The number of nitrogens with one attached hydrogen (secondary N) is 1. The quantitative estimate of drug-likeness (QED) is 0.825. The van der Waals surface area contributed by atoms with E-state index in [9.17, 15) is 9.59 Å². The van der Waals surface area contributed by atoms with Gasteiger partial charge in [0, 0.05) is 5.69 Å². The van der Waals surface area contributed by atoms with Crippen LogP contribution in [0.1, 0.15) is 32.6 Å². The molecule has 110 valence electrons. The second-order valence-electron chi connectivity index (χ2n) is 4.16. The fraction of sp³-hybridized carbons (Fsp3) is 0.214. The van der Waals surface area contributed by atoms with Crippen LogP contribution in [0, 0.1) is 6.92 Å². The number of thiazole rings is 1.